The van der Waals surface area contributed by atoms with Gasteiger partial charge in [-0.1, -0.05) is 104 Å². The van der Waals surface area contributed by atoms with E-state index in [0.717, 1.165) is 31.2 Å². The van der Waals surface area contributed by atoms with Crippen LogP contribution < -0.4 is 19.5 Å². The molecule has 1 saturated carbocycles. The highest BCUT2D eigenvalue weighted by atomic mass is 16.6. The lowest BCUT2D eigenvalue weighted by molar-refractivity contribution is -0.160. The molecule has 15 heteroatoms. The molecule has 1 aromatic heterocycles. The van der Waals surface area contributed by atoms with Crippen LogP contribution in [-0.2, 0) is 40.7 Å². The van der Waals surface area contributed by atoms with Gasteiger partial charge in [-0.3, -0.25) is 14.9 Å². The van der Waals surface area contributed by atoms with Gasteiger partial charge < -0.3 is 38.8 Å². The Morgan fingerprint density at radius 2 is 1.39 bits per heavy atom. The Balaban J connectivity index is 0.000000231. The standard InChI is InChI=1S/C24H34N2O5.C22H22N2O6/c1-3-31-24(30)19(14-13-17-9-5-4-6-10-17)25-16(2)22(27)26-20-12-8-7-11-18(20)15-21(26)23(28)29;1-27-17-14-18(28-2)24-21(23-17)30-19(20(25)26)22(29-3,15-10-6-4-7-11-15)16-12-8-5-9-13-16/h4-6,9-10,16,18-21,25H,3,7-8,11-15H2,1-2H3,(H,28,29);4-14,19H,1-3H3,(H,25,26)/t16-,18+,19-,20-,21-;19-/m01/s1. The number of ether oxygens (including phenoxy) is 5. The number of hydrogen-bond donors (Lipinski definition) is 3. The number of rotatable bonds is 18. The van der Waals surface area contributed by atoms with E-state index in [9.17, 15) is 29.4 Å². The van der Waals surface area contributed by atoms with E-state index >= 15 is 0 Å². The summed E-state index contributed by atoms with van der Waals surface area (Å²) < 4.78 is 27.2. The third-order valence-electron chi connectivity index (χ3n) is 11.2. The van der Waals surface area contributed by atoms with Gasteiger partial charge in [-0.15, -0.1) is 0 Å². The number of aromatic nitrogens is 2. The first-order valence-electron chi connectivity index (χ1n) is 20.5. The summed E-state index contributed by atoms with van der Waals surface area (Å²) in [7, 11) is 4.29. The van der Waals surface area contributed by atoms with Crippen LogP contribution in [0.5, 0.6) is 17.8 Å². The fraction of sp³-hybridized carbons (Fsp3) is 0.435. The highest BCUT2D eigenvalue weighted by Gasteiger charge is 2.50. The van der Waals surface area contributed by atoms with Gasteiger partial charge in [0.25, 0.3) is 0 Å². The fourth-order valence-electron chi connectivity index (χ4n) is 8.30. The molecule has 6 atom stereocenters. The molecule has 3 N–H and O–H groups in total. The van der Waals surface area contributed by atoms with Gasteiger partial charge in [-0.25, -0.2) is 9.59 Å². The molecule has 3 aromatic carbocycles. The molecule has 1 saturated heterocycles. The molecule has 0 unspecified atom stereocenters. The number of amides is 1. The fourth-order valence-corrected chi connectivity index (χ4v) is 8.30. The van der Waals surface area contributed by atoms with Gasteiger partial charge in [0.1, 0.15) is 12.1 Å². The topological polar surface area (TPSA) is 196 Å². The lowest BCUT2D eigenvalue weighted by Crippen LogP contribution is -2.55. The van der Waals surface area contributed by atoms with Crippen molar-refractivity contribution in [3.8, 4) is 17.8 Å². The molecule has 1 aliphatic carbocycles. The number of carboxylic acid groups (broad SMARTS) is 2. The molecule has 15 nitrogen and oxygen atoms in total. The molecule has 4 aromatic rings. The van der Waals surface area contributed by atoms with Gasteiger partial charge in [0.2, 0.25) is 23.8 Å². The van der Waals surface area contributed by atoms with E-state index in [2.05, 4.69) is 15.3 Å². The summed E-state index contributed by atoms with van der Waals surface area (Å²) in [5, 5.41) is 23.0. The van der Waals surface area contributed by atoms with E-state index in [-0.39, 0.29) is 48.2 Å². The number of aryl methyl sites for hydroxylation is 1. The summed E-state index contributed by atoms with van der Waals surface area (Å²) >= 11 is 0. The van der Waals surface area contributed by atoms with Crippen molar-refractivity contribution >= 4 is 23.8 Å². The summed E-state index contributed by atoms with van der Waals surface area (Å²) in [6.45, 7) is 3.74. The lowest BCUT2D eigenvalue weighted by atomic mass is 9.81. The van der Waals surface area contributed by atoms with Gasteiger partial charge in [-0.05, 0) is 68.6 Å². The summed E-state index contributed by atoms with van der Waals surface area (Å²) in [4.78, 5) is 60.0. The Morgan fingerprint density at radius 3 is 1.90 bits per heavy atom. The summed E-state index contributed by atoms with van der Waals surface area (Å²) in [5.41, 5.74) is 0.823. The van der Waals surface area contributed by atoms with Gasteiger partial charge in [0, 0.05) is 13.2 Å². The molecule has 2 aliphatic rings. The molecule has 2 fully saturated rings. The highest BCUT2D eigenvalue weighted by Crippen LogP contribution is 2.41. The van der Waals surface area contributed by atoms with Crippen molar-refractivity contribution < 1.29 is 53.1 Å². The molecule has 0 spiro atoms. The molecule has 0 bridgehead atoms. The smallest absolute Gasteiger partial charge is 0.348 e. The Labute approximate surface area is 356 Å². The van der Waals surface area contributed by atoms with Crippen LogP contribution in [0.1, 0.15) is 69.1 Å². The van der Waals surface area contributed by atoms with Crippen LogP contribution in [0.4, 0.5) is 0 Å². The van der Waals surface area contributed by atoms with E-state index in [0.29, 0.717) is 30.4 Å². The number of benzene rings is 3. The number of carbonyl (C=O) groups excluding carboxylic acids is 2. The average molecular weight is 841 g/mol. The van der Waals surface area contributed by atoms with Crippen molar-refractivity contribution in [2.75, 3.05) is 27.9 Å². The molecule has 1 aliphatic heterocycles. The number of hydrogen-bond acceptors (Lipinski definition) is 12. The van der Waals surface area contributed by atoms with Crippen molar-refractivity contribution in [1.82, 2.24) is 20.2 Å². The van der Waals surface area contributed by atoms with Crippen LogP contribution in [-0.4, -0.2) is 107 Å². The first kappa shape index (κ1) is 46.0. The van der Waals surface area contributed by atoms with Crippen LogP contribution in [0, 0.1) is 5.92 Å². The molecular weight excluding hydrogens is 785 g/mol. The Morgan fingerprint density at radius 1 is 0.836 bits per heavy atom. The SMILES string of the molecule is CCOC(=O)[C@H](CCc1ccccc1)N[C@@H](C)C(=O)N1[C@H](C(=O)O)C[C@H]2CCCC[C@@H]21.COc1cc(OC)nc(O[C@H](C(=O)O)C(OC)(c2ccccc2)c2ccccc2)n1. The van der Waals surface area contributed by atoms with Crippen molar-refractivity contribution in [2.24, 2.45) is 5.92 Å². The number of fused-ring (bicyclic) bond motifs is 1. The second kappa shape index (κ2) is 22.0. The van der Waals surface area contributed by atoms with Crippen molar-refractivity contribution in [1.29, 1.82) is 0 Å². The van der Waals surface area contributed by atoms with Gasteiger partial charge in [0.15, 0.2) is 5.60 Å². The first-order valence-corrected chi connectivity index (χ1v) is 20.5. The zero-order valence-corrected chi connectivity index (χ0v) is 35.3. The van der Waals surface area contributed by atoms with E-state index in [1.54, 1.807) is 67.3 Å². The molecule has 0 radical (unpaired) electrons. The van der Waals surface area contributed by atoms with Crippen LogP contribution >= 0.6 is 0 Å². The van der Waals surface area contributed by atoms with E-state index < -0.39 is 41.8 Å². The largest absolute Gasteiger partial charge is 0.481 e. The second-order valence-electron chi connectivity index (χ2n) is 14.9. The number of methoxy groups -OCH3 is 3. The quantitative estimate of drug-likeness (QED) is 0.103. The Kier molecular flexibility index (Phi) is 16.6. The minimum atomic E-state index is -1.52. The van der Waals surface area contributed by atoms with E-state index in [1.807, 2.05) is 42.5 Å². The van der Waals surface area contributed by atoms with E-state index in [1.165, 1.54) is 27.4 Å². The van der Waals surface area contributed by atoms with Crippen molar-refractivity contribution in [3.05, 3.63) is 114 Å². The maximum Gasteiger partial charge on any atom is 0.348 e. The number of nitrogens with zero attached hydrogens (tertiary/aromatic N) is 3. The third kappa shape index (κ3) is 11.2. The van der Waals surface area contributed by atoms with Crippen molar-refractivity contribution in [2.45, 2.75) is 94.7 Å². The number of esters is 1. The van der Waals surface area contributed by atoms with Crippen molar-refractivity contribution in [3.63, 3.8) is 0 Å². The predicted octanol–water partition coefficient (Wildman–Crippen LogP) is 5.69. The summed E-state index contributed by atoms with van der Waals surface area (Å²) in [6.07, 6.45) is 4.09. The maximum absolute atomic E-state index is 13.4. The maximum atomic E-state index is 13.4. The van der Waals surface area contributed by atoms with Crippen LogP contribution in [0.3, 0.4) is 0 Å². The number of aliphatic carboxylic acids is 2. The third-order valence-corrected chi connectivity index (χ3v) is 11.2. The molecule has 2 heterocycles. The Hall–Kier alpha value is -6.06. The van der Waals surface area contributed by atoms with Crippen LogP contribution in [0.15, 0.2) is 97.1 Å². The first-order chi connectivity index (χ1) is 29.5. The zero-order chi connectivity index (χ0) is 43.9. The average Bonchev–Trinajstić information content (AvgIpc) is 3.69. The predicted molar refractivity (Wildman–Crippen MR) is 224 cm³/mol. The molecule has 1 amide bonds. The number of carboxylic acids is 2. The number of likely N-dealkylation sites (tertiary alicyclic amines) is 1. The highest BCUT2D eigenvalue weighted by molar-refractivity contribution is 5.88. The van der Waals surface area contributed by atoms with Gasteiger partial charge in [-0.2, -0.15) is 9.97 Å². The molecule has 6 rings (SSSR count). The second-order valence-corrected chi connectivity index (χ2v) is 14.9. The van der Waals surface area contributed by atoms with Crippen LogP contribution in [0.25, 0.3) is 0 Å². The molecular formula is C46H56N4O11. The monoisotopic (exact) mass is 840 g/mol. The minimum Gasteiger partial charge on any atom is -0.481 e. The molecule has 326 valence electrons. The summed E-state index contributed by atoms with van der Waals surface area (Å²) in [5.74, 6) is -2.23. The Bertz CT molecular complexity index is 1980. The lowest BCUT2D eigenvalue weighted by Gasteiger charge is -2.37. The van der Waals surface area contributed by atoms with Gasteiger partial charge in [0.05, 0.1) is 32.9 Å². The number of carbonyl (C=O) groups is 4. The zero-order valence-electron chi connectivity index (χ0n) is 35.3. The van der Waals surface area contributed by atoms with Gasteiger partial charge >= 0.3 is 23.9 Å². The molecule has 61 heavy (non-hydrogen) atoms. The minimum absolute atomic E-state index is 0.0167. The number of nitrogens with one attached hydrogen (secondary N) is 1. The van der Waals surface area contributed by atoms with Crippen LogP contribution in [0.2, 0.25) is 0 Å². The van der Waals surface area contributed by atoms with E-state index in [4.69, 9.17) is 23.7 Å². The normalized spacial score (nSPS) is 18.6. The summed E-state index contributed by atoms with van der Waals surface area (Å²) in [6, 6.07) is 27.0.